The molecule has 20 aromatic rings. The van der Waals surface area contributed by atoms with Gasteiger partial charge < -0.3 is 4.42 Å². The predicted octanol–water partition coefficient (Wildman–Crippen LogP) is 29.8. The number of benzene rings is 15. The molecule has 0 amide bonds. The lowest BCUT2D eigenvalue weighted by Crippen LogP contribution is -1.93. The van der Waals surface area contributed by atoms with Gasteiger partial charge in [-0.1, -0.05) is 297 Å². The summed E-state index contributed by atoms with van der Waals surface area (Å²) in [4.78, 5) is 20.5. The van der Waals surface area contributed by atoms with Crippen molar-refractivity contribution in [3.05, 3.63) is 437 Å². The monoisotopic (exact) mass is 1480 g/mol. The molecule has 0 aliphatic rings. The molecule has 0 bridgehead atoms. The highest BCUT2D eigenvalue weighted by Gasteiger charge is 2.21. The first-order valence-corrected chi connectivity index (χ1v) is 39.4. The van der Waals surface area contributed by atoms with Crippen molar-refractivity contribution in [2.24, 2.45) is 0 Å². The van der Waals surface area contributed by atoms with Gasteiger partial charge in [0.2, 0.25) is 5.71 Å². The number of fused-ring (bicyclic) bond motifs is 3. The Labute approximate surface area is 675 Å². The lowest BCUT2D eigenvalue weighted by molar-refractivity contribution is 0.653. The van der Waals surface area contributed by atoms with Gasteiger partial charge in [-0.3, -0.25) is 15.0 Å². The molecule has 5 aromatic heterocycles. The van der Waals surface area contributed by atoms with Crippen LogP contribution >= 0.6 is 0 Å². The van der Waals surface area contributed by atoms with Gasteiger partial charge in [-0.2, -0.15) is 0 Å². The fraction of sp³-hybridized carbons (Fsp3) is 0.00901. The minimum absolute atomic E-state index is 0.626. The largest absolute Gasteiger partial charge is 0.437 e. The Morgan fingerprint density at radius 1 is 0.172 bits per heavy atom. The topological polar surface area (TPSA) is 64.7 Å². The van der Waals surface area contributed by atoms with Gasteiger partial charge in [0.05, 0.1) is 17.1 Å². The Morgan fingerprint density at radius 2 is 0.431 bits per heavy atom. The quantitative estimate of drug-likeness (QED) is 0.0909. The summed E-state index contributed by atoms with van der Waals surface area (Å²) in [7, 11) is 0. The first-order valence-electron chi connectivity index (χ1n) is 39.4. The molecule has 20 rings (SSSR count). The Hall–Kier alpha value is -15.3. The molecule has 544 valence electrons. The van der Waals surface area contributed by atoms with Crippen LogP contribution in [-0.2, 0) is 0 Å². The molecular weight excluding hydrogens is 1410 g/mol. The molecule has 0 radical (unpaired) electrons. The van der Waals surface area contributed by atoms with E-state index in [1.165, 1.54) is 44.5 Å². The zero-order chi connectivity index (χ0) is 77.3. The number of aryl methyl sites for hydroxylation is 1. The smallest absolute Gasteiger partial charge is 0.227 e. The highest BCUT2D eigenvalue weighted by atomic mass is 16.3. The summed E-state index contributed by atoms with van der Waals surface area (Å²) in [6.45, 7) is 1.99. The van der Waals surface area contributed by atoms with Crippen LogP contribution in [0.2, 0.25) is 0 Å². The normalized spacial score (nSPS) is 11.3. The molecule has 5 heteroatoms. The summed E-state index contributed by atoms with van der Waals surface area (Å²) in [5.41, 5.74) is 39.2. The third kappa shape index (κ3) is 14.1. The molecule has 0 fully saturated rings. The predicted molar refractivity (Wildman–Crippen MR) is 482 cm³/mol. The standard InChI is InChI=1S/C111H74N4O/c1-73-49-53-105-104-47-24-48-106(110(104)116-111(105)115-73)109-56-52-88(72-114-109)100-43-16-19-46-103(100)97-68-95(101-44-17-14-41-98(101)86-50-54-107(112-70-86)84-39-22-35-80(59-84)78-33-20-37-82(57-78)93-63-89(74-25-6-2-7-26-74)61-90(64-93)75-27-8-3-9-28-75)67-96(69-97)102-45-18-15-42-99(102)87-51-55-108(113-71-87)85-40-23-36-81(60-85)79-34-21-38-83(58-79)94-65-91(76-29-10-4-11-30-76)62-92(66-94)77-31-12-5-13-32-77/h2-72H,1H3. The van der Waals surface area contributed by atoms with Gasteiger partial charge in [-0.15, -0.1) is 0 Å². The number of pyridine rings is 4. The van der Waals surface area contributed by atoms with Crippen LogP contribution in [0.5, 0.6) is 0 Å². The third-order valence-electron chi connectivity index (χ3n) is 22.3. The molecule has 0 saturated carbocycles. The number of hydrogen-bond donors (Lipinski definition) is 0. The van der Waals surface area contributed by atoms with Crippen LogP contribution in [0.25, 0.3) is 212 Å². The number of para-hydroxylation sites is 1. The molecular formula is C111H74N4O. The number of rotatable bonds is 17. The maximum atomic E-state index is 6.48. The molecule has 5 heterocycles. The fourth-order valence-electron chi connectivity index (χ4n) is 16.4. The molecule has 15 aromatic carbocycles. The van der Waals surface area contributed by atoms with Gasteiger partial charge >= 0.3 is 0 Å². The summed E-state index contributed by atoms with van der Waals surface area (Å²) >= 11 is 0. The zero-order valence-corrected chi connectivity index (χ0v) is 63.7. The Morgan fingerprint density at radius 3 is 0.776 bits per heavy atom. The molecule has 0 aliphatic carbocycles. The number of nitrogens with zero attached hydrogens (tertiary/aromatic N) is 4. The van der Waals surface area contributed by atoms with Crippen molar-refractivity contribution < 1.29 is 4.42 Å². The van der Waals surface area contributed by atoms with Crippen molar-refractivity contribution in [3.63, 3.8) is 0 Å². The van der Waals surface area contributed by atoms with Crippen LogP contribution in [0.4, 0.5) is 0 Å². The van der Waals surface area contributed by atoms with Crippen LogP contribution in [-0.4, -0.2) is 19.9 Å². The van der Waals surface area contributed by atoms with E-state index in [9.17, 15) is 0 Å². The van der Waals surface area contributed by atoms with E-state index < -0.39 is 0 Å². The average molecular weight is 1480 g/mol. The molecule has 116 heavy (non-hydrogen) atoms. The SMILES string of the molecule is Cc1ccc2c(n1)oc1c(-c3ccc(-c4ccccc4-c4cc(-c5ccccc5-c5ccc(-c6cccc(-c7cccc(-c8cc(-c9ccccc9)cc(-c9ccccc9)c8)c7)c6)nc5)cc(-c5ccccc5-c5ccc(-c6cccc(-c7cccc(-c8cc(-c9ccccc9)cc(-c9ccccc9)c8)c7)c6)nc5)c4)cn3)cccc12. The second kappa shape index (κ2) is 30.8. The molecule has 5 nitrogen and oxygen atoms in total. The van der Waals surface area contributed by atoms with Gasteiger partial charge in [0.1, 0.15) is 5.58 Å². The van der Waals surface area contributed by atoms with Crippen molar-refractivity contribution in [1.29, 1.82) is 0 Å². The van der Waals surface area contributed by atoms with Gasteiger partial charge in [0, 0.05) is 68.4 Å². The first-order chi connectivity index (χ1) is 57.3. The fourth-order valence-corrected chi connectivity index (χ4v) is 16.4. The van der Waals surface area contributed by atoms with E-state index in [1.807, 2.05) is 31.6 Å². The van der Waals surface area contributed by atoms with Crippen molar-refractivity contribution in [2.75, 3.05) is 0 Å². The van der Waals surface area contributed by atoms with Crippen LogP contribution in [0, 0.1) is 6.92 Å². The lowest BCUT2D eigenvalue weighted by atomic mass is 9.86. The molecule has 0 atom stereocenters. The summed E-state index contributed by atoms with van der Waals surface area (Å²) in [6, 6.07) is 148. The van der Waals surface area contributed by atoms with E-state index in [0.29, 0.717) is 5.71 Å². The minimum atomic E-state index is 0.626. The maximum Gasteiger partial charge on any atom is 0.227 e. The summed E-state index contributed by atoms with van der Waals surface area (Å²) in [5.74, 6) is 0. The van der Waals surface area contributed by atoms with Gasteiger partial charge in [-0.25, -0.2) is 4.98 Å². The first kappa shape index (κ1) is 69.9. The van der Waals surface area contributed by atoms with E-state index in [2.05, 4.69) is 406 Å². The zero-order valence-electron chi connectivity index (χ0n) is 63.7. The minimum Gasteiger partial charge on any atom is -0.437 e. The Kier molecular flexibility index (Phi) is 18.5. The van der Waals surface area contributed by atoms with Crippen molar-refractivity contribution in [2.45, 2.75) is 6.92 Å². The van der Waals surface area contributed by atoms with E-state index in [0.717, 1.165) is 167 Å². The second-order valence-electron chi connectivity index (χ2n) is 29.7. The van der Waals surface area contributed by atoms with Crippen LogP contribution in [0.3, 0.4) is 0 Å². The Bertz CT molecular complexity index is 6600. The van der Waals surface area contributed by atoms with Crippen LogP contribution in [0.1, 0.15) is 5.69 Å². The highest BCUT2D eigenvalue weighted by Crippen LogP contribution is 2.45. The summed E-state index contributed by atoms with van der Waals surface area (Å²) in [6.07, 6.45) is 6.05. The summed E-state index contributed by atoms with van der Waals surface area (Å²) < 4.78 is 6.48. The van der Waals surface area contributed by atoms with Crippen molar-refractivity contribution in [3.8, 4) is 190 Å². The highest BCUT2D eigenvalue weighted by molar-refractivity contribution is 6.08. The lowest BCUT2D eigenvalue weighted by Gasteiger charge is -2.18. The second-order valence-corrected chi connectivity index (χ2v) is 29.7. The van der Waals surface area contributed by atoms with E-state index in [-0.39, 0.29) is 0 Å². The van der Waals surface area contributed by atoms with Crippen LogP contribution in [0.15, 0.2) is 436 Å². The molecule has 0 N–H and O–H groups in total. The average Bonchev–Trinajstić information content (AvgIpc) is 1.06. The Balaban J connectivity index is 0.639. The summed E-state index contributed by atoms with van der Waals surface area (Å²) in [5, 5.41) is 2.00. The number of furan rings is 1. The molecule has 0 aliphatic heterocycles. The molecule has 0 saturated heterocycles. The van der Waals surface area contributed by atoms with Crippen LogP contribution < -0.4 is 0 Å². The van der Waals surface area contributed by atoms with E-state index >= 15 is 0 Å². The van der Waals surface area contributed by atoms with E-state index in [4.69, 9.17) is 24.4 Å². The van der Waals surface area contributed by atoms with Gasteiger partial charge in [0.15, 0.2) is 0 Å². The van der Waals surface area contributed by atoms with Crippen molar-refractivity contribution in [1.82, 2.24) is 19.9 Å². The molecule has 0 unspecified atom stereocenters. The maximum absolute atomic E-state index is 6.48. The van der Waals surface area contributed by atoms with Gasteiger partial charge in [-0.05, 0) is 261 Å². The van der Waals surface area contributed by atoms with E-state index in [1.54, 1.807) is 0 Å². The van der Waals surface area contributed by atoms with Gasteiger partial charge in [0.25, 0.3) is 0 Å². The number of aromatic nitrogens is 4. The number of hydrogen-bond acceptors (Lipinski definition) is 5. The van der Waals surface area contributed by atoms with Crippen molar-refractivity contribution >= 4 is 22.1 Å². The third-order valence-corrected chi connectivity index (χ3v) is 22.3. The molecule has 0 spiro atoms.